The van der Waals surface area contributed by atoms with Crippen LogP contribution in [0.2, 0.25) is 0 Å². The van der Waals surface area contributed by atoms with Crippen molar-refractivity contribution in [3.05, 3.63) is 60.2 Å². The maximum Gasteiger partial charge on any atom is 0.249 e. The summed E-state index contributed by atoms with van der Waals surface area (Å²) >= 11 is 0. The molecular formula is C27H36N4O4. The SMILES string of the molecule is COc1ccc(N(C)C(=O)C(Cc2ccccc2)NC(=O)CCN2CCN(CCC=O)CC2)cc1. The van der Waals surface area contributed by atoms with E-state index in [1.807, 2.05) is 54.6 Å². The summed E-state index contributed by atoms with van der Waals surface area (Å²) in [5, 5.41) is 2.98. The topological polar surface area (TPSA) is 82.2 Å². The van der Waals surface area contributed by atoms with Gasteiger partial charge in [0.1, 0.15) is 18.1 Å². The van der Waals surface area contributed by atoms with Crippen LogP contribution in [0.4, 0.5) is 5.69 Å². The maximum absolute atomic E-state index is 13.4. The fraction of sp³-hybridized carbons (Fsp3) is 0.444. The van der Waals surface area contributed by atoms with Crippen LogP contribution in [0.5, 0.6) is 5.75 Å². The summed E-state index contributed by atoms with van der Waals surface area (Å²) in [6.07, 6.45) is 2.26. The number of nitrogens with one attached hydrogen (secondary N) is 1. The Labute approximate surface area is 207 Å². The van der Waals surface area contributed by atoms with E-state index in [4.69, 9.17) is 4.74 Å². The zero-order valence-electron chi connectivity index (χ0n) is 20.7. The molecule has 1 heterocycles. The van der Waals surface area contributed by atoms with E-state index in [-0.39, 0.29) is 11.8 Å². The molecule has 2 aromatic carbocycles. The lowest BCUT2D eigenvalue weighted by molar-refractivity contribution is -0.127. The van der Waals surface area contributed by atoms with Crippen LogP contribution in [0.25, 0.3) is 0 Å². The number of ether oxygens (including phenoxy) is 1. The molecule has 8 heteroatoms. The molecule has 1 saturated heterocycles. The fourth-order valence-corrected chi connectivity index (χ4v) is 4.21. The molecule has 2 aromatic rings. The Morgan fingerprint density at radius 1 is 1.00 bits per heavy atom. The van der Waals surface area contributed by atoms with Gasteiger partial charge in [-0.15, -0.1) is 0 Å². The van der Waals surface area contributed by atoms with Crippen LogP contribution in [0.15, 0.2) is 54.6 Å². The molecule has 1 fully saturated rings. The van der Waals surface area contributed by atoms with Crippen molar-refractivity contribution in [1.82, 2.24) is 15.1 Å². The molecular weight excluding hydrogens is 444 g/mol. The molecule has 0 bridgehead atoms. The van der Waals surface area contributed by atoms with Crippen LogP contribution in [0.1, 0.15) is 18.4 Å². The van der Waals surface area contributed by atoms with Gasteiger partial charge < -0.3 is 29.5 Å². The maximum atomic E-state index is 13.4. The predicted octanol–water partition coefficient (Wildman–Crippen LogP) is 1.98. The Bertz CT molecular complexity index is 943. The third-order valence-electron chi connectivity index (χ3n) is 6.39. The van der Waals surface area contributed by atoms with Crippen LogP contribution >= 0.6 is 0 Å². The number of nitrogens with zero attached hydrogens (tertiary/aromatic N) is 3. The van der Waals surface area contributed by atoms with E-state index < -0.39 is 6.04 Å². The van der Waals surface area contributed by atoms with Gasteiger partial charge in [0.25, 0.3) is 0 Å². The smallest absolute Gasteiger partial charge is 0.249 e. The zero-order valence-corrected chi connectivity index (χ0v) is 20.7. The summed E-state index contributed by atoms with van der Waals surface area (Å²) in [6, 6.07) is 16.3. The van der Waals surface area contributed by atoms with E-state index in [0.717, 1.165) is 50.3 Å². The lowest BCUT2D eigenvalue weighted by atomic mass is 10.0. The van der Waals surface area contributed by atoms with Gasteiger partial charge in [-0.05, 0) is 29.8 Å². The second kappa shape index (κ2) is 13.6. The molecule has 1 aliphatic rings. The predicted molar refractivity (Wildman–Crippen MR) is 137 cm³/mol. The molecule has 1 aliphatic heterocycles. The number of rotatable bonds is 12. The Morgan fingerprint density at radius 3 is 2.23 bits per heavy atom. The van der Waals surface area contributed by atoms with Crippen molar-refractivity contribution in [2.45, 2.75) is 25.3 Å². The van der Waals surface area contributed by atoms with Crippen molar-refractivity contribution >= 4 is 23.8 Å². The highest BCUT2D eigenvalue weighted by molar-refractivity contribution is 5.99. The van der Waals surface area contributed by atoms with E-state index in [2.05, 4.69) is 15.1 Å². The van der Waals surface area contributed by atoms with Crippen molar-refractivity contribution in [2.75, 3.05) is 58.3 Å². The number of hydrogen-bond acceptors (Lipinski definition) is 6. The molecule has 2 amide bonds. The number of methoxy groups -OCH3 is 1. The van der Waals surface area contributed by atoms with Crippen LogP contribution in [-0.4, -0.2) is 87.4 Å². The summed E-state index contributed by atoms with van der Waals surface area (Å²) in [4.78, 5) is 43.0. The van der Waals surface area contributed by atoms with Gasteiger partial charge in [-0.3, -0.25) is 9.59 Å². The Kier molecular flexibility index (Phi) is 10.3. The number of anilines is 1. The molecule has 0 radical (unpaired) electrons. The van der Waals surface area contributed by atoms with E-state index in [1.165, 1.54) is 0 Å². The molecule has 0 aromatic heterocycles. The summed E-state index contributed by atoms with van der Waals surface area (Å²) in [7, 11) is 3.32. The Hall–Kier alpha value is -3.23. The quantitative estimate of drug-likeness (QED) is 0.468. The standard InChI is InChI=1S/C27H36N4O4/c1-29(23-9-11-24(35-2)12-10-23)27(34)25(21-22-7-4-3-5-8-22)28-26(33)13-15-31-18-16-30(17-19-31)14-6-20-32/h3-5,7-12,20,25H,6,13-19,21H2,1-2H3,(H,28,33). The molecule has 35 heavy (non-hydrogen) atoms. The molecule has 1 N–H and O–H groups in total. The van der Waals surface area contributed by atoms with E-state index in [9.17, 15) is 14.4 Å². The average molecular weight is 481 g/mol. The molecule has 188 valence electrons. The van der Waals surface area contributed by atoms with Gasteiger partial charge in [-0.25, -0.2) is 0 Å². The number of carbonyl (C=O) groups is 3. The van der Waals surface area contributed by atoms with Gasteiger partial charge in [-0.2, -0.15) is 0 Å². The van der Waals surface area contributed by atoms with E-state index in [1.54, 1.807) is 19.1 Å². The van der Waals surface area contributed by atoms with Crippen LogP contribution in [-0.2, 0) is 20.8 Å². The van der Waals surface area contributed by atoms with Gasteiger partial charge in [0.2, 0.25) is 11.8 Å². The van der Waals surface area contributed by atoms with Gasteiger partial charge >= 0.3 is 0 Å². The third kappa shape index (κ3) is 8.19. The lowest BCUT2D eigenvalue weighted by Gasteiger charge is -2.34. The summed E-state index contributed by atoms with van der Waals surface area (Å²) in [5.41, 5.74) is 1.72. The number of likely N-dealkylation sites (N-methyl/N-ethyl adjacent to an activating group) is 1. The number of carbonyl (C=O) groups excluding carboxylic acids is 3. The van der Waals surface area contributed by atoms with Crippen LogP contribution in [0.3, 0.4) is 0 Å². The van der Waals surface area contributed by atoms with Gasteiger partial charge in [0.15, 0.2) is 0 Å². The first-order chi connectivity index (χ1) is 17.0. The zero-order chi connectivity index (χ0) is 25.0. The number of hydrogen-bond donors (Lipinski definition) is 1. The average Bonchev–Trinajstić information content (AvgIpc) is 2.90. The summed E-state index contributed by atoms with van der Waals surface area (Å²) in [6.45, 7) is 4.99. The number of amides is 2. The first kappa shape index (κ1) is 26.4. The van der Waals surface area contributed by atoms with Gasteiger partial charge in [0.05, 0.1) is 7.11 Å². The van der Waals surface area contributed by atoms with Crippen LogP contribution < -0.4 is 15.0 Å². The first-order valence-electron chi connectivity index (χ1n) is 12.1. The van der Waals surface area contributed by atoms with Crippen LogP contribution in [0, 0.1) is 0 Å². The number of piperazine rings is 1. The third-order valence-corrected chi connectivity index (χ3v) is 6.39. The highest BCUT2D eigenvalue weighted by atomic mass is 16.5. The lowest BCUT2D eigenvalue weighted by Crippen LogP contribution is -2.50. The first-order valence-corrected chi connectivity index (χ1v) is 12.1. The number of benzene rings is 2. The highest BCUT2D eigenvalue weighted by Gasteiger charge is 2.26. The molecule has 0 aliphatic carbocycles. The van der Waals surface area contributed by atoms with Crippen molar-refractivity contribution in [3.8, 4) is 5.75 Å². The molecule has 3 rings (SSSR count). The monoisotopic (exact) mass is 480 g/mol. The minimum atomic E-state index is -0.669. The van der Waals surface area contributed by atoms with Gasteiger partial charge in [0, 0.05) is 71.3 Å². The normalized spacial score (nSPS) is 15.3. The molecule has 0 spiro atoms. The van der Waals surface area contributed by atoms with Crippen molar-refractivity contribution < 1.29 is 19.1 Å². The second-order valence-corrected chi connectivity index (χ2v) is 8.79. The second-order valence-electron chi connectivity index (χ2n) is 8.79. The minimum Gasteiger partial charge on any atom is -0.497 e. The summed E-state index contributed by atoms with van der Waals surface area (Å²) in [5.74, 6) is 0.412. The Morgan fingerprint density at radius 2 is 1.63 bits per heavy atom. The minimum absolute atomic E-state index is 0.134. The molecule has 8 nitrogen and oxygen atoms in total. The fourth-order valence-electron chi connectivity index (χ4n) is 4.21. The largest absolute Gasteiger partial charge is 0.497 e. The van der Waals surface area contributed by atoms with Crippen molar-refractivity contribution in [1.29, 1.82) is 0 Å². The van der Waals surface area contributed by atoms with Crippen molar-refractivity contribution in [3.63, 3.8) is 0 Å². The molecule has 1 atom stereocenters. The van der Waals surface area contributed by atoms with E-state index >= 15 is 0 Å². The molecule has 0 saturated carbocycles. The van der Waals surface area contributed by atoms with E-state index in [0.29, 0.717) is 31.6 Å². The Balaban J connectivity index is 1.58. The molecule has 1 unspecified atom stereocenters. The van der Waals surface area contributed by atoms with Crippen molar-refractivity contribution in [2.24, 2.45) is 0 Å². The van der Waals surface area contributed by atoms with Gasteiger partial charge in [-0.1, -0.05) is 30.3 Å². The summed E-state index contributed by atoms with van der Waals surface area (Å²) < 4.78 is 5.21. The highest BCUT2D eigenvalue weighted by Crippen LogP contribution is 2.19. The number of aldehydes is 1.